The summed E-state index contributed by atoms with van der Waals surface area (Å²) in [6, 6.07) is 5.21. The van der Waals surface area contributed by atoms with E-state index in [4.69, 9.17) is 9.47 Å². The molecule has 0 unspecified atom stereocenters. The Balaban J connectivity index is 1.52. The summed E-state index contributed by atoms with van der Waals surface area (Å²) in [5.74, 6) is 0.576. The van der Waals surface area contributed by atoms with Gasteiger partial charge in [0, 0.05) is 17.9 Å². The molecule has 1 aromatic rings. The maximum absolute atomic E-state index is 13.4. The van der Waals surface area contributed by atoms with E-state index in [1.165, 1.54) is 35.3 Å². The fourth-order valence-corrected chi connectivity index (χ4v) is 5.71. The molecule has 1 saturated heterocycles. The molecule has 3 fully saturated rings. The normalized spacial score (nSPS) is 31.0. The Hall–Kier alpha value is -2.56. The number of imide groups is 1. The fraction of sp³-hybridized carbons (Fsp3) is 0.478. The maximum Gasteiger partial charge on any atom is 0.238 e. The summed E-state index contributed by atoms with van der Waals surface area (Å²) >= 11 is 0. The Bertz CT molecular complexity index is 873. The third-order valence-corrected chi connectivity index (χ3v) is 6.91. The quantitative estimate of drug-likeness (QED) is 0.591. The van der Waals surface area contributed by atoms with Crippen LogP contribution in [-0.2, 0) is 9.59 Å². The lowest BCUT2D eigenvalue weighted by Gasteiger charge is -2.24. The lowest BCUT2D eigenvalue weighted by Crippen LogP contribution is -2.33. The molecule has 5 nitrogen and oxygen atoms in total. The first-order valence-corrected chi connectivity index (χ1v) is 10.2. The summed E-state index contributed by atoms with van der Waals surface area (Å²) < 4.78 is 10.7. The van der Waals surface area contributed by atoms with E-state index in [1.807, 2.05) is 0 Å². The van der Waals surface area contributed by atoms with E-state index in [1.54, 1.807) is 32.4 Å². The van der Waals surface area contributed by atoms with Crippen LogP contribution in [0.4, 0.5) is 5.69 Å². The molecule has 28 heavy (non-hydrogen) atoms. The number of hydrogen-bond acceptors (Lipinski definition) is 4. The highest BCUT2D eigenvalue weighted by Crippen LogP contribution is 2.58. The van der Waals surface area contributed by atoms with Gasteiger partial charge in [-0.2, -0.15) is 0 Å². The summed E-state index contributed by atoms with van der Waals surface area (Å²) in [5.41, 5.74) is 3.41. The molecule has 1 aliphatic heterocycles. The van der Waals surface area contributed by atoms with E-state index in [-0.39, 0.29) is 35.5 Å². The standard InChI is InChI=1S/C23H25NO4/c1-27-14-8-11-17(18(12-14)28-2)24-22(25)20-15-9-10-16(21(20)23(24)26)19(15)13-6-4-3-5-7-13/h8-12,15-16,20-21H,3-7H2,1-2H3/t15-,16+,20+,21-. The number of methoxy groups -OCH3 is 2. The Morgan fingerprint density at radius 2 is 1.54 bits per heavy atom. The number of carbonyl (C=O) groups excluding carboxylic acids is 2. The van der Waals surface area contributed by atoms with Gasteiger partial charge in [0.25, 0.3) is 0 Å². The van der Waals surface area contributed by atoms with Gasteiger partial charge in [0.1, 0.15) is 11.5 Å². The molecular formula is C23H25NO4. The number of anilines is 1. The zero-order valence-corrected chi connectivity index (χ0v) is 16.3. The molecule has 0 N–H and O–H groups in total. The minimum Gasteiger partial charge on any atom is -0.497 e. The minimum atomic E-state index is -0.265. The molecule has 1 heterocycles. The third-order valence-electron chi connectivity index (χ3n) is 6.91. The van der Waals surface area contributed by atoms with Crippen LogP contribution in [0.1, 0.15) is 32.1 Å². The van der Waals surface area contributed by atoms with E-state index in [0.717, 1.165) is 12.8 Å². The van der Waals surface area contributed by atoms with E-state index in [2.05, 4.69) is 12.2 Å². The number of ether oxygens (including phenoxy) is 2. The number of nitrogens with zero attached hydrogens (tertiary/aromatic N) is 1. The second-order valence-corrected chi connectivity index (χ2v) is 8.16. The number of carbonyl (C=O) groups is 2. The van der Waals surface area contributed by atoms with Crippen molar-refractivity contribution in [3.05, 3.63) is 41.5 Å². The maximum atomic E-state index is 13.4. The highest BCUT2D eigenvalue weighted by molar-refractivity contribution is 6.24. The van der Waals surface area contributed by atoms with Crippen molar-refractivity contribution in [2.75, 3.05) is 19.1 Å². The number of allylic oxidation sites excluding steroid dienone is 4. The average Bonchev–Trinajstić information content (AvgIpc) is 3.38. The van der Waals surface area contributed by atoms with Crippen LogP contribution in [0.5, 0.6) is 11.5 Å². The van der Waals surface area contributed by atoms with Crippen LogP contribution in [0, 0.1) is 23.7 Å². The van der Waals surface area contributed by atoms with Crippen LogP contribution in [-0.4, -0.2) is 26.0 Å². The van der Waals surface area contributed by atoms with E-state index in [0.29, 0.717) is 17.2 Å². The monoisotopic (exact) mass is 379 g/mol. The third kappa shape index (κ3) is 2.31. The molecule has 4 atom stereocenters. The number of rotatable bonds is 3. The largest absolute Gasteiger partial charge is 0.497 e. The van der Waals surface area contributed by atoms with Gasteiger partial charge in [-0.25, -0.2) is 4.90 Å². The summed E-state index contributed by atoms with van der Waals surface area (Å²) in [5, 5.41) is 0. The van der Waals surface area contributed by atoms with Crippen molar-refractivity contribution in [1.29, 1.82) is 0 Å². The van der Waals surface area contributed by atoms with Crippen molar-refractivity contribution in [3.63, 3.8) is 0 Å². The van der Waals surface area contributed by atoms with E-state index >= 15 is 0 Å². The Morgan fingerprint density at radius 3 is 2.11 bits per heavy atom. The van der Waals surface area contributed by atoms with E-state index < -0.39 is 0 Å². The zero-order chi connectivity index (χ0) is 19.4. The SMILES string of the molecule is COc1ccc(N2C(=O)[C@@H]3[C@H](C2=O)[C@H]2C=C[C@@H]3C2=C2CCCCC2)c(OC)c1. The molecule has 2 amide bonds. The van der Waals surface area contributed by atoms with Gasteiger partial charge in [0.05, 0.1) is 31.7 Å². The van der Waals surface area contributed by atoms with Gasteiger partial charge >= 0.3 is 0 Å². The van der Waals surface area contributed by atoms with Crippen LogP contribution < -0.4 is 14.4 Å². The number of amides is 2. The van der Waals surface area contributed by atoms with Crippen molar-refractivity contribution >= 4 is 17.5 Å². The van der Waals surface area contributed by atoms with Gasteiger partial charge in [0.15, 0.2) is 0 Å². The number of hydrogen-bond donors (Lipinski definition) is 0. The predicted molar refractivity (Wildman–Crippen MR) is 105 cm³/mol. The molecule has 0 radical (unpaired) electrons. The highest BCUT2D eigenvalue weighted by atomic mass is 16.5. The summed E-state index contributed by atoms with van der Waals surface area (Å²) in [4.78, 5) is 28.2. The van der Waals surface area contributed by atoms with Gasteiger partial charge < -0.3 is 9.47 Å². The smallest absolute Gasteiger partial charge is 0.238 e. The van der Waals surface area contributed by atoms with Gasteiger partial charge in [-0.05, 0) is 37.8 Å². The highest BCUT2D eigenvalue weighted by Gasteiger charge is 2.62. The van der Waals surface area contributed by atoms with Crippen molar-refractivity contribution in [2.24, 2.45) is 23.7 Å². The summed E-state index contributed by atoms with van der Waals surface area (Å²) in [6.45, 7) is 0. The molecule has 2 bridgehead atoms. The van der Waals surface area contributed by atoms with Gasteiger partial charge in [-0.15, -0.1) is 0 Å². The predicted octanol–water partition coefficient (Wildman–Crippen LogP) is 3.89. The first-order valence-electron chi connectivity index (χ1n) is 10.2. The van der Waals surface area contributed by atoms with Crippen LogP contribution in [0.25, 0.3) is 0 Å². The van der Waals surface area contributed by atoms with Crippen LogP contribution in [0.15, 0.2) is 41.5 Å². The van der Waals surface area contributed by atoms with Gasteiger partial charge in [0.2, 0.25) is 11.8 Å². The first-order chi connectivity index (χ1) is 13.7. The van der Waals surface area contributed by atoms with E-state index in [9.17, 15) is 9.59 Å². The fourth-order valence-electron chi connectivity index (χ4n) is 5.71. The summed E-state index contributed by atoms with van der Waals surface area (Å²) in [7, 11) is 3.12. The zero-order valence-electron chi connectivity index (χ0n) is 16.3. The molecule has 5 heteroatoms. The molecule has 0 aromatic heterocycles. The molecule has 146 valence electrons. The van der Waals surface area contributed by atoms with Crippen molar-refractivity contribution in [1.82, 2.24) is 0 Å². The molecule has 4 aliphatic rings. The van der Waals surface area contributed by atoms with Crippen molar-refractivity contribution in [3.8, 4) is 11.5 Å². The molecular weight excluding hydrogens is 354 g/mol. The average molecular weight is 379 g/mol. The lowest BCUT2D eigenvalue weighted by atomic mass is 9.85. The minimum absolute atomic E-state index is 0.0915. The molecule has 3 aliphatic carbocycles. The molecule has 5 rings (SSSR count). The van der Waals surface area contributed by atoms with Crippen molar-refractivity contribution in [2.45, 2.75) is 32.1 Å². The summed E-state index contributed by atoms with van der Waals surface area (Å²) in [6.07, 6.45) is 10.3. The second kappa shape index (κ2) is 6.50. The Kier molecular flexibility index (Phi) is 4.07. The van der Waals surface area contributed by atoms with Crippen LogP contribution in [0.2, 0.25) is 0 Å². The molecule has 2 saturated carbocycles. The first kappa shape index (κ1) is 17.5. The Labute approximate surface area is 165 Å². The molecule has 1 aromatic carbocycles. The second-order valence-electron chi connectivity index (χ2n) is 8.16. The number of fused-ring (bicyclic) bond motifs is 5. The number of benzene rings is 1. The lowest BCUT2D eigenvalue weighted by molar-refractivity contribution is -0.123. The van der Waals surface area contributed by atoms with Crippen LogP contribution in [0.3, 0.4) is 0 Å². The Morgan fingerprint density at radius 1 is 0.893 bits per heavy atom. The van der Waals surface area contributed by atoms with Crippen LogP contribution >= 0.6 is 0 Å². The van der Waals surface area contributed by atoms with Crippen molar-refractivity contribution < 1.29 is 19.1 Å². The topological polar surface area (TPSA) is 55.8 Å². The van der Waals surface area contributed by atoms with Gasteiger partial charge in [-0.3, -0.25) is 9.59 Å². The van der Waals surface area contributed by atoms with Gasteiger partial charge in [-0.1, -0.05) is 29.7 Å². The molecule has 0 spiro atoms.